The number of rotatable bonds is 5. The van der Waals surface area contributed by atoms with Gasteiger partial charge in [0, 0.05) is 6.42 Å². The quantitative estimate of drug-likeness (QED) is 0.866. The summed E-state index contributed by atoms with van der Waals surface area (Å²) in [6.45, 7) is 4.12. The normalized spacial score (nSPS) is 17.3. The molecule has 2 nitrogen and oxygen atoms in total. The van der Waals surface area contributed by atoms with Crippen LogP contribution in [0.15, 0.2) is 18.2 Å². The van der Waals surface area contributed by atoms with Gasteiger partial charge in [-0.2, -0.15) is 0 Å². The molecule has 0 spiro atoms. The Balaban J connectivity index is 2.03. The maximum Gasteiger partial charge on any atom is 0.154 e. The van der Waals surface area contributed by atoms with Gasteiger partial charge in [0.25, 0.3) is 0 Å². The molecule has 0 heterocycles. The van der Waals surface area contributed by atoms with E-state index in [2.05, 4.69) is 25.1 Å². The molecule has 2 rings (SSSR count). The summed E-state index contributed by atoms with van der Waals surface area (Å²) in [6.07, 6.45) is 5.04. The fraction of sp³-hybridized carbons (Fsp3) is 0.562. The highest BCUT2D eigenvalue weighted by molar-refractivity contribution is 5.86. The average Bonchev–Trinajstić information content (AvgIpc) is 2.84. The van der Waals surface area contributed by atoms with Crippen LogP contribution >= 0.6 is 0 Å². The minimum absolute atomic E-state index is 0.169. The lowest BCUT2D eigenvalue weighted by molar-refractivity contribution is -0.120. The first-order valence-electron chi connectivity index (χ1n) is 7.00. The third-order valence-electron chi connectivity index (χ3n) is 4.17. The summed E-state index contributed by atoms with van der Waals surface area (Å²) in [7, 11) is 0. The molecule has 2 N–H and O–H groups in total. The van der Waals surface area contributed by atoms with Gasteiger partial charge in [0.1, 0.15) is 0 Å². The molecular formula is C16H23NO. The summed E-state index contributed by atoms with van der Waals surface area (Å²) in [6, 6.07) is 6.15. The number of hydrogen-bond acceptors (Lipinski definition) is 2. The van der Waals surface area contributed by atoms with Crippen molar-refractivity contribution in [2.75, 3.05) is 0 Å². The number of carbonyl (C=O) groups is 1. The highest BCUT2D eigenvalue weighted by atomic mass is 16.1. The Labute approximate surface area is 110 Å². The van der Waals surface area contributed by atoms with Crippen LogP contribution in [0.2, 0.25) is 0 Å². The zero-order chi connectivity index (χ0) is 13.1. The van der Waals surface area contributed by atoms with E-state index >= 15 is 0 Å². The van der Waals surface area contributed by atoms with E-state index in [0.29, 0.717) is 6.42 Å². The largest absolute Gasteiger partial charge is 0.321 e. The molecule has 0 radical (unpaired) electrons. The predicted octanol–water partition coefficient (Wildman–Crippen LogP) is 2.66. The van der Waals surface area contributed by atoms with Crippen LogP contribution < -0.4 is 5.73 Å². The van der Waals surface area contributed by atoms with Crippen molar-refractivity contribution in [2.24, 2.45) is 11.7 Å². The number of Topliss-reactive ketones (excluding diaryl/α,β-unsaturated/α-hetero) is 1. The summed E-state index contributed by atoms with van der Waals surface area (Å²) >= 11 is 0. The maximum absolute atomic E-state index is 12.1. The van der Waals surface area contributed by atoms with E-state index in [9.17, 15) is 4.79 Å². The van der Waals surface area contributed by atoms with Crippen LogP contribution in [0.25, 0.3) is 0 Å². The molecule has 0 amide bonds. The minimum atomic E-state index is -0.316. The van der Waals surface area contributed by atoms with Crippen molar-refractivity contribution < 1.29 is 4.79 Å². The van der Waals surface area contributed by atoms with Gasteiger partial charge < -0.3 is 5.73 Å². The molecule has 0 saturated heterocycles. The van der Waals surface area contributed by atoms with E-state index in [1.54, 1.807) is 0 Å². The molecule has 0 aromatic heterocycles. The van der Waals surface area contributed by atoms with Gasteiger partial charge in [-0.25, -0.2) is 0 Å². The highest BCUT2D eigenvalue weighted by Gasteiger charge is 2.20. The lowest BCUT2D eigenvalue weighted by atomic mass is 9.92. The maximum atomic E-state index is 12.1. The zero-order valence-corrected chi connectivity index (χ0v) is 11.4. The molecule has 2 heteroatoms. The fourth-order valence-electron chi connectivity index (χ4n) is 2.63. The van der Waals surface area contributed by atoms with Crippen LogP contribution in [0.3, 0.4) is 0 Å². The second-order valence-electron chi connectivity index (χ2n) is 5.51. The summed E-state index contributed by atoms with van der Waals surface area (Å²) in [4.78, 5) is 12.1. The van der Waals surface area contributed by atoms with Gasteiger partial charge in [0.2, 0.25) is 0 Å². The van der Waals surface area contributed by atoms with E-state index in [0.717, 1.165) is 18.4 Å². The molecule has 98 valence electrons. The Morgan fingerprint density at radius 2 is 2.06 bits per heavy atom. The Bertz CT molecular complexity index is 439. The molecule has 0 saturated carbocycles. The Hall–Kier alpha value is -1.15. The first-order valence-corrected chi connectivity index (χ1v) is 7.00. The number of benzene rings is 1. The molecule has 2 unspecified atom stereocenters. The second-order valence-corrected chi connectivity index (χ2v) is 5.51. The van der Waals surface area contributed by atoms with Crippen LogP contribution in [0, 0.1) is 5.92 Å². The van der Waals surface area contributed by atoms with Gasteiger partial charge in [-0.15, -0.1) is 0 Å². The van der Waals surface area contributed by atoms with E-state index in [4.69, 9.17) is 5.73 Å². The van der Waals surface area contributed by atoms with Crippen molar-refractivity contribution >= 4 is 5.78 Å². The van der Waals surface area contributed by atoms with Gasteiger partial charge in [0.15, 0.2) is 5.78 Å². The Kier molecular flexibility index (Phi) is 4.18. The van der Waals surface area contributed by atoms with Gasteiger partial charge >= 0.3 is 0 Å². The van der Waals surface area contributed by atoms with E-state index in [-0.39, 0.29) is 17.7 Å². The van der Waals surface area contributed by atoms with E-state index in [1.165, 1.54) is 24.0 Å². The van der Waals surface area contributed by atoms with Crippen molar-refractivity contribution in [1.82, 2.24) is 0 Å². The smallest absolute Gasteiger partial charge is 0.154 e. The molecular weight excluding hydrogens is 222 g/mol. The lowest BCUT2D eigenvalue weighted by Gasteiger charge is -2.17. The van der Waals surface area contributed by atoms with Gasteiger partial charge in [-0.1, -0.05) is 38.5 Å². The predicted molar refractivity (Wildman–Crippen MR) is 74.6 cm³/mol. The van der Waals surface area contributed by atoms with Crippen LogP contribution in [-0.4, -0.2) is 11.8 Å². The molecule has 18 heavy (non-hydrogen) atoms. The van der Waals surface area contributed by atoms with Gasteiger partial charge in [0.05, 0.1) is 6.04 Å². The number of hydrogen-bond donors (Lipinski definition) is 1. The molecule has 2 atom stereocenters. The first-order chi connectivity index (χ1) is 8.61. The second kappa shape index (κ2) is 5.66. The molecule has 0 fully saturated rings. The summed E-state index contributed by atoms with van der Waals surface area (Å²) in [5.41, 5.74) is 9.99. The van der Waals surface area contributed by atoms with Crippen molar-refractivity contribution in [3.63, 3.8) is 0 Å². The summed E-state index contributed by atoms with van der Waals surface area (Å²) < 4.78 is 0. The fourth-order valence-corrected chi connectivity index (χ4v) is 2.63. The molecule has 0 aliphatic heterocycles. The standard InChI is InChI=1S/C16H23NO/c1-3-11(2)16(17)15(18)10-12-7-8-13-5-4-6-14(13)9-12/h7-9,11,16H,3-6,10,17H2,1-2H3. The van der Waals surface area contributed by atoms with E-state index in [1.807, 2.05) is 6.92 Å². The summed E-state index contributed by atoms with van der Waals surface area (Å²) in [5, 5.41) is 0. The Morgan fingerprint density at radius 1 is 1.33 bits per heavy atom. The van der Waals surface area contributed by atoms with Gasteiger partial charge in [-0.05, 0) is 41.9 Å². The number of nitrogens with two attached hydrogens (primary N) is 1. The molecule has 1 aromatic rings. The van der Waals surface area contributed by atoms with Crippen molar-refractivity contribution in [2.45, 2.75) is 52.0 Å². The number of fused-ring (bicyclic) bond motifs is 1. The SMILES string of the molecule is CCC(C)C(N)C(=O)Cc1ccc2c(c1)CCC2. The van der Waals surface area contributed by atoms with Crippen molar-refractivity contribution in [1.29, 1.82) is 0 Å². The molecule has 1 aromatic carbocycles. The van der Waals surface area contributed by atoms with Crippen LogP contribution in [0.1, 0.15) is 43.4 Å². The number of carbonyl (C=O) groups excluding carboxylic acids is 1. The molecule has 1 aliphatic carbocycles. The van der Waals surface area contributed by atoms with Crippen molar-refractivity contribution in [3.05, 3.63) is 34.9 Å². The number of aryl methyl sites for hydroxylation is 2. The highest BCUT2D eigenvalue weighted by Crippen LogP contribution is 2.23. The monoisotopic (exact) mass is 245 g/mol. The molecule has 0 bridgehead atoms. The van der Waals surface area contributed by atoms with Crippen LogP contribution in [0.5, 0.6) is 0 Å². The Morgan fingerprint density at radius 3 is 2.78 bits per heavy atom. The third kappa shape index (κ3) is 2.81. The lowest BCUT2D eigenvalue weighted by Crippen LogP contribution is -2.37. The topological polar surface area (TPSA) is 43.1 Å². The third-order valence-corrected chi connectivity index (χ3v) is 4.17. The van der Waals surface area contributed by atoms with Gasteiger partial charge in [-0.3, -0.25) is 4.79 Å². The number of ketones is 1. The zero-order valence-electron chi connectivity index (χ0n) is 11.4. The molecule has 1 aliphatic rings. The van der Waals surface area contributed by atoms with E-state index < -0.39 is 0 Å². The summed E-state index contributed by atoms with van der Waals surface area (Å²) in [5.74, 6) is 0.439. The van der Waals surface area contributed by atoms with Crippen molar-refractivity contribution in [3.8, 4) is 0 Å². The van der Waals surface area contributed by atoms with Crippen LogP contribution in [-0.2, 0) is 24.1 Å². The first kappa shape index (κ1) is 13.3. The van der Waals surface area contributed by atoms with Crippen LogP contribution in [0.4, 0.5) is 0 Å². The average molecular weight is 245 g/mol. The minimum Gasteiger partial charge on any atom is -0.321 e.